The Morgan fingerprint density at radius 3 is 1.86 bits per heavy atom. The van der Waals surface area contributed by atoms with Crippen molar-refractivity contribution in [2.45, 2.75) is 6.92 Å². The summed E-state index contributed by atoms with van der Waals surface area (Å²) in [4.78, 5) is 0. The molecular weight excluding hydrogens is 597 g/mol. The summed E-state index contributed by atoms with van der Waals surface area (Å²) in [5.41, 5.74) is 10.7. The summed E-state index contributed by atoms with van der Waals surface area (Å²) in [6.45, 7) is 2.19. The van der Waals surface area contributed by atoms with E-state index in [9.17, 15) is 0 Å². The summed E-state index contributed by atoms with van der Waals surface area (Å²) in [5, 5.41) is 9.63. The number of hydrogen-bond donors (Lipinski definition) is 0. The maximum Gasteiger partial charge on any atom is 0.135 e. The second-order valence-electron chi connectivity index (χ2n) is 13.3. The molecule has 0 unspecified atom stereocenters. The number of para-hydroxylation sites is 1. The molecule has 0 radical (unpaired) electrons. The van der Waals surface area contributed by atoms with Gasteiger partial charge in [-0.2, -0.15) is 0 Å². The second kappa shape index (κ2) is 9.82. The van der Waals surface area contributed by atoms with Crippen LogP contribution in [0.25, 0.3) is 87.6 Å². The third kappa shape index (κ3) is 3.71. The number of benzene rings is 9. The van der Waals surface area contributed by atoms with Gasteiger partial charge < -0.3 is 9.47 Å². The van der Waals surface area contributed by atoms with Crippen LogP contribution in [0.1, 0.15) is 5.56 Å². The Morgan fingerprint density at radius 1 is 0.347 bits per heavy atom. The van der Waals surface area contributed by atoms with E-state index in [1.807, 2.05) is 6.07 Å². The molecule has 0 amide bonds. The van der Waals surface area contributed by atoms with E-state index in [0.717, 1.165) is 45.1 Å². The number of rotatable bonds is 2. The van der Waals surface area contributed by atoms with Crippen LogP contribution in [0.2, 0.25) is 0 Å². The fourth-order valence-corrected chi connectivity index (χ4v) is 8.41. The molecule has 0 N–H and O–H groups in total. The fraction of sp³-hybridized carbons (Fsp3) is 0.0213. The van der Waals surface area contributed by atoms with Gasteiger partial charge in [0.05, 0.1) is 0 Å². The summed E-state index contributed by atoms with van der Waals surface area (Å²) >= 11 is 0. The topological polar surface area (TPSA) is 18.5 Å². The van der Waals surface area contributed by atoms with Gasteiger partial charge in [0, 0.05) is 21.9 Å². The first-order valence-electron chi connectivity index (χ1n) is 16.8. The lowest BCUT2D eigenvalue weighted by atomic mass is 9.83. The van der Waals surface area contributed by atoms with Crippen LogP contribution in [-0.2, 0) is 0 Å². The molecule has 0 saturated heterocycles. The van der Waals surface area contributed by atoms with Crippen molar-refractivity contribution in [2.75, 3.05) is 0 Å². The molecule has 0 aromatic heterocycles. The predicted octanol–water partition coefficient (Wildman–Crippen LogP) is 13.5. The molecule has 0 spiro atoms. The Balaban J connectivity index is 1.20. The second-order valence-corrected chi connectivity index (χ2v) is 13.3. The monoisotopic (exact) mass is 624 g/mol. The third-order valence-corrected chi connectivity index (χ3v) is 10.5. The van der Waals surface area contributed by atoms with Crippen molar-refractivity contribution in [1.82, 2.24) is 0 Å². The lowest BCUT2D eigenvalue weighted by Crippen LogP contribution is -1.99. The van der Waals surface area contributed by atoms with Crippen LogP contribution in [0.5, 0.6) is 23.0 Å². The van der Waals surface area contributed by atoms with Gasteiger partial charge in [0.15, 0.2) is 0 Å². The zero-order chi connectivity index (χ0) is 32.2. The van der Waals surface area contributed by atoms with Crippen molar-refractivity contribution in [3.63, 3.8) is 0 Å². The molecule has 9 aromatic rings. The Bertz CT molecular complexity index is 2890. The van der Waals surface area contributed by atoms with E-state index in [0.29, 0.717) is 0 Å². The molecule has 2 aliphatic heterocycles. The van der Waals surface area contributed by atoms with Gasteiger partial charge in [-0.25, -0.2) is 0 Å². The SMILES string of the molecule is Cc1ccc2c(-c3ccc4c(c3)Oc3cccc5cccc-4c35)c3ccccc3c(-c3ccc4c5c(cccc35)-c3ccccc3O4)c2c1. The Morgan fingerprint density at radius 2 is 0.959 bits per heavy atom. The van der Waals surface area contributed by atoms with E-state index in [1.165, 1.54) is 71.1 Å². The highest BCUT2D eigenvalue weighted by atomic mass is 16.5. The Hall–Kier alpha value is -6.38. The van der Waals surface area contributed by atoms with Crippen LogP contribution >= 0.6 is 0 Å². The molecule has 2 aliphatic rings. The summed E-state index contributed by atoms with van der Waals surface area (Å²) < 4.78 is 13.1. The average Bonchev–Trinajstić information content (AvgIpc) is 3.14. The van der Waals surface area contributed by atoms with Crippen LogP contribution in [0.3, 0.4) is 0 Å². The minimum atomic E-state index is 0.890. The third-order valence-electron chi connectivity index (χ3n) is 10.5. The van der Waals surface area contributed by atoms with Gasteiger partial charge in [0.25, 0.3) is 0 Å². The molecule has 228 valence electrons. The van der Waals surface area contributed by atoms with E-state index in [4.69, 9.17) is 9.47 Å². The zero-order valence-corrected chi connectivity index (χ0v) is 26.8. The quantitative estimate of drug-likeness (QED) is 0.178. The highest BCUT2D eigenvalue weighted by molar-refractivity contribution is 6.25. The lowest BCUT2D eigenvalue weighted by molar-refractivity contribution is 0.487. The van der Waals surface area contributed by atoms with Gasteiger partial charge in [-0.15, -0.1) is 0 Å². The first-order valence-corrected chi connectivity index (χ1v) is 16.8. The van der Waals surface area contributed by atoms with Crippen LogP contribution in [0.4, 0.5) is 0 Å². The average molecular weight is 625 g/mol. The molecule has 11 rings (SSSR count). The molecule has 0 atom stereocenters. The van der Waals surface area contributed by atoms with Gasteiger partial charge in [0.1, 0.15) is 23.0 Å². The summed E-state index contributed by atoms with van der Waals surface area (Å²) in [5.74, 6) is 3.61. The predicted molar refractivity (Wildman–Crippen MR) is 203 cm³/mol. The maximum atomic E-state index is 6.65. The molecule has 2 heterocycles. The number of fused-ring (bicyclic) bond motifs is 6. The van der Waals surface area contributed by atoms with E-state index >= 15 is 0 Å². The van der Waals surface area contributed by atoms with Crippen LogP contribution < -0.4 is 9.47 Å². The summed E-state index contributed by atoms with van der Waals surface area (Å²) in [6.07, 6.45) is 0. The summed E-state index contributed by atoms with van der Waals surface area (Å²) in [7, 11) is 0. The van der Waals surface area contributed by atoms with Gasteiger partial charge >= 0.3 is 0 Å². The van der Waals surface area contributed by atoms with Crippen molar-refractivity contribution < 1.29 is 9.47 Å². The molecule has 2 heteroatoms. The van der Waals surface area contributed by atoms with Crippen molar-refractivity contribution in [1.29, 1.82) is 0 Å². The number of hydrogen-bond acceptors (Lipinski definition) is 2. The Kier molecular flexibility index (Phi) is 5.34. The molecule has 0 bridgehead atoms. The first-order chi connectivity index (χ1) is 24.2. The normalized spacial score (nSPS) is 12.5. The fourth-order valence-electron chi connectivity index (χ4n) is 8.41. The standard InChI is InChI=1S/C47H28O2/c1-27-19-21-38-39(25-27)46(37-23-24-42-47-33(15-8-16-36(37)47)30-11-4-5-17-40(30)48-42)35-13-3-2-12-34(35)44(38)29-20-22-31-32-14-6-9-28-10-7-18-41(45(28)32)49-43(31)26-29/h2-26H,1H3. The Labute approximate surface area is 283 Å². The highest BCUT2D eigenvalue weighted by Gasteiger charge is 2.25. The van der Waals surface area contributed by atoms with Gasteiger partial charge in [-0.1, -0.05) is 121 Å². The highest BCUT2D eigenvalue weighted by Crippen LogP contribution is 2.53. The van der Waals surface area contributed by atoms with E-state index in [-0.39, 0.29) is 0 Å². The maximum absolute atomic E-state index is 6.65. The molecule has 0 fully saturated rings. The molecular formula is C47H28O2. The minimum Gasteiger partial charge on any atom is -0.456 e. The molecule has 0 saturated carbocycles. The minimum absolute atomic E-state index is 0.890. The van der Waals surface area contributed by atoms with Gasteiger partial charge in [-0.05, 0) is 109 Å². The first kappa shape index (κ1) is 26.7. The zero-order valence-electron chi connectivity index (χ0n) is 26.8. The number of aryl methyl sites for hydroxylation is 1. The van der Waals surface area contributed by atoms with E-state index in [2.05, 4.69) is 153 Å². The van der Waals surface area contributed by atoms with Crippen LogP contribution in [0.15, 0.2) is 152 Å². The van der Waals surface area contributed by atoms with E-state index in [1.54, 1.807) is 0 Å². The van der Waals surface area contributed by atoms with Gasteiger partial charge in [0.2, 0.25) is 0 Å². The van der Waals surface area contributed by atoms with Crippen molar-refractivity contribution >= 4 is 43.1 Å². The molecule has 9 aromatic carbocycles. The van der Waals surface area contributed by atoms with Crippen LogP contribution in [0, 0.1) is 6.92 Å². The lowest BCUT2D eigenvalue weighted by Gasteiger charge is -2.24. The molecule has 2 nitrogen and oxygen atoms in total. The molecule has 49 heavy (non-hydrogen) atoms. The molecule has 0 aliphatic carbocycles. The number of ether oxygens (including phenoxy) is 2. The van der Waals surface area contributed by atoms with Crippen molar-refractivity contribution in [2.24, 2.45) is 0 Å². The van der Waals surface area contributed by atoms with Gasteiger partial charge in [-0.3, -0.25) is 0 Å². The van der Waals surface area contributed by atoms with Crippen LogP contribution in [-0.4, -0.2) is 0 Å². The van der Waals surface area contributed by atoms with E-state index < -0.39 is 0 Å². The largest absolute Gasteiger partial charge is 0.456 e. The summed E-state index contributed by atoms with van der Waals surface area (Å²) in [6, 6.07) is 54.7. The van der Waals surface area contributed by atoms with Crippen molar-refractivity contribution in [3.8, 4) is 67.5 Å². The van der Waals surface area contributed by atoms with Crippen molar-refractivity contribution in [3.05, 3.63) is 157 Å². The smallest absolute Gasteiger partial charge is 0.135 e.